The van der Waals surface area contributed by atoms with E-state index in [-0.39, 0.29) is 24.3 Å². The lowest BCUT2D eigenvalue weighted by molar-refractivity contribution is -0.127. The second-order valence-corrected chi connectivity index (χ2v) is 6.15. The summed E-state index contributed by atoms with van der Waals surface area (Å²) in [6.45, 7) is 5.78. The Morgan fingerprint density at radius 2 is 2.00 bits per heavy atom. The predicted molar refractivity (Wildman–Crippen MR) is 82.2 cm³/mol. The van der Waals surface area contributed by atoms with Gasteiger partial charge in [-0.1, -0.05) is 19.8 Å². The molecule has 3 atom stereocenters. The number of hydrogen-bond acceptors (Lipinski definition) is 5. The van der Waals surface area contributed by atoms with Crippen molar-refractivity contribution in [1.82, 2.24) is 9.97 Å². The van der Waals surface area contributed by atoms with E-state index in [9.17, 15) is 10.1 Å². The van der Waals surface area contributed by atoms with Crippen LogP contribution in [0.5, 0.6) is 0 Å². The first-order valence-electron chi connectivity index (χ1n) is 7.87. The molecule has 5 heteroatoms. The fourth-order valence-corrected chi connectivity index (χ4v) is 2.96. The normalized spacial score (nSPS) is 22.8. The molecule has 0 radical (unpaired) electrons. The highest BCUT2D eigenvalue weighted by atomic mass is 16.5. The summed E-state index contributed by atoms with van der Waals surface area (Å²) >= 11 is 0. The van der Waals surface area contributed by atoms with Crippen LogP contribution in [0.15, 0.2) is 6.07 Å². The van der Waals surface area contributed by atoms with Crippen molar-refractivity contribution in [1.29, 1.82) is 5.26 Å². The average molecular weight is 301 g/mol. The molecule has 0 spiro atoms. The van der Waals surface area contributed by atoms with Gasteiger partial charge >= 0.3 is 0 Å². The lowest BCUT2D eigenvalue weighted by Crippen LogP contribution is -2.29. The first kappa shape index (κ1) is 16.6. The van der Waals surface area contributed by atoms with Crippen molar-refractivity contribution >= 4 is 5.78 Å². The third-order valence-corrected chi connectivity index (χ3v) is 4.18. The standard InChI is InChI=1S/C17H23N3O2/c1-11-6-4-5-7-16(11)22-10-15(21)14(9-18)17-19-12(2)8-13(3)20-17/h8,11,14,16H,4-7,10H2,1-3H3/t11-,14+,16+/m0/s1. The van der Waals surface area contributed by atoms with Crippen molar-refractivity contribution in [3.05, 3.63) is 23.3 Å². The number of Topliss-reactive ketones (excluding diaryl/α,β-unsaturated/α-hetero) is 1. The van der Waals surface area contributed by atoms with Crippen LogP contribution in [-0.2, 0) is 9.53 Å². The Morgan fingerprint density at radius 3 is 2.59 bits per heavy atom. The van der Waals surface area contributed by atoms with Crippen LogP contribution in [0.1, 0.15) is 55.7 Å². The van der Waals surface area contributed by atoms with Gasteiger partial charge in [-0.3, -0.25) is 4.79 Å². The van der Waals surface area contributed by atoms with Crippen LogP contribution in [0.25, 0.3) is 0 Å². The first-order valence-corrected chi connectivity index (χ1v) is 7.87. The van der Waals surface area contributed by atoms with Crippen LogP contribution in [0, 0.1) is 31.1 Å². The zero-order valence-corrected chi connectivity index (χ0v) is 13.5. The Kier molecular flexibility index (Phi) is 5.62. The number of nitriles is 1. The zero-order chi connectivity index (χ0) is 16.1. The molecular formula is C17H23N3O2. The van der Waals surface area contributed by atoms with Crippen LogP contribution in [0.3, 0.4) is 0 Å². The van der Waals surface area contributed by atoms with E-state index in [4.69, 9.17) is 4.74 Å². The maximum atomic E-state index is 12.3. The summed E-state index contributed by atoms with van der Waals surface area (Å²) < 4.78 is 5.77. The molecule has 118 valence electrons. The zero-order valence-electron chi connectivity index (χ0n) is 13.5. The molecule has 0 aromatic carbocycles. The Hall–Kier alpha value is -1.80. The van der Waals surface area contributed by atoms with Gasteiger partial charge in [-0.2, -0.15) is 5.26 Å². The molecule has 5 nitrogen and oxygen atoms in total. The molecule has 22 heavy (non-hydrogen) atoms. The Bertz CT molecular complexity index is 560. The molecule has 0 saturated heterocycles. The van der Waals surface area contributed by atoms with E-state index < -0.39 is 5.92 Å². The number of ether oxygens (including phenoxy) is 1. The van der Waals surface area contributed by atoms with Gasteiger partial charge in [0.15, 0.2) is 17.5 Å². The summed E-state index contributed by atoms with van der Waals surface area (Å²) in [4.78, 5) is 20.8. The average Bonchev–Trinajstić information content (AvgIpc) is 2.46. The van der Waals surface area contributed by atoms with E-state index >= 15 is 0 Å². The maximum absolute atomic E-state index is 12.3. The van der Waals surface area contributed by atoms with Crippen molar-refractivity contribution in [2.24, 2.45) is 5.92 Å². The van der Waals surface area contributed by atoms with Crippen LogP contribution in [0.4, 0.5) is 0 Å². The number of ketones is 1. The molecule has 1 saturated carbocycles. The third-order valence-electron chi connectivity index (χ3n) is 4.18. The van der Waals surface area contributed by atoms with Crippen LogP contribution < -0.4 is 0 Å². The number of nitrogens with zero attached hydrogens (tertiary/aromatic N) is 3. The molecule has 0 amide bonds. The minimum Gasteiger partial charge on any atom is -0.370 e. The van der Waals surface area contributed by atoms with Gasteiger partial charge in [-0.15, -0.1) is 0 Å². The quantitative estimate of drug-likeness (QED) is 0.836. The van der Waals surface area contributed by atoms with Crippen molar-refractivity contribution < 1.29 is 9.53 Å². The highest BCUT2D eigenvalue weighted by molar-refractivity contribution is 5.88. The van der Waals surface area contributed by atoms with E-state index in [0.29, 0.717) is 5.92 Å². The molecule has 2 rings (SSSR count). The molecule has 1 heterocycles. The van der Waals surface area contributed by atoms with Gasteiger partial charge in [-0.05, 0) is 38.7 Å². The van der Waals surface area contributed by atoms with Gasteiger partial charge in [0.1, 0.15) is 6.61 Å². The van der Waals surface area contributed by atoms with E-state index in [1.807, 2.05) is 26.0 Å². The second-order valence-electron chi connectivity index (χ2n) is 6.15. The van der Waals surface area contributed by atoms with Gasteiger partial charge in [-0.25, -0.2) is 9.97 Å². The Morgan fingerprint density at radius 1 is 1.36 bits per heavy atom. The summed E-state index contributed by atoms with van der Waals surface area (Å²) in [7, 11) is 0. The van der Waals surface area contributed by atoms with Gasteiger partial charge in [0, 0.05) is 11.4 Å². The molecule has 0 N–H and O–H groups in total. The van der Waals surface area contributed by atoms with Gasteiger partial charge in [0.05, 0.1) is 12.2 Å². The fourth-order valence-electron chi connectivity index (χ4n) is 2.96. The fraction of sp³-hybridized carbons (Fsp3) is 0.647. The van der Waals surface area contributed by atoms with Gasteiger partial charge < -0.3 is 4.74 Å². The number of rotatable bonds is 5. The Balaban J connectivity index is 2.01. The van der Waals surface area contributed by atoms with Crippen LogP contribution in [0.2, 0.25) is 0 Å². The molecule has 0 aliphatic heterocycles. The van der Waals surface area contributed by atoms with E-state index in [1.165, 1.54) is 6.42 Å². The molecule has 0 unspecified atom stereocenters. The smallest absolute Gasteiger partial charge is 0.183 e. The summed E-state index contributed by atoms with van der Waals surface area (Å²) in [5.41, 5.74) is 1.52. The first-order chi connectivity index (χ1) is 10.5. The van der Waals surface area contributed by atoms with E-state index in [2.05, 4.69) is 16.9 Å². The number of aromatic nitrogens is 2. The topological polar surface area (TPSA) is 75.9 Å². The van der Waals surface area contributed by atoms with Crippen molar-refractivity contribution in [3.8, 4) is 6.07 Å². The lowest BCUT2D eigenvalue weighted by atomic mass is 9.88. The second kappa shape index (κ2) is 7.46. The van der Waals surface area contributed by atoms with Crippen LogP contribution >= 0.6 is 0 Å². The SMILES string of the molecule is Cc1cc(C)nc([C@H](C#N)C(=O)CO[C@@H]2CCCC[C@@H]2C)n1. The molecule has 1 aliphatic rings. The van der Waals surface area contributed by atoms with E-state index in [1.54, 1.807) is 0 Å². The molecule has 1 aromatic rings. The van der Waals surface area contributed by atoms with Gasteiger partial charge in [0.2, 0.25) is 0 Å². The summed E-state index contributed by atoms with van der Waals surface area (Å²) in [5, 5.41) is 9.31. The minimum absolute atomic E-state index is 0.0381. The van der Waals surface area contributed by atoms with Crippen molar-refractivity contribution in [2.45, 2.75) is 58.5 Å². The van der Waals surface area contributed by atoms with Gasteiger partial charge in [0.25, 0.3) is 0 Å². The predicted octanol–water partition coefficient (Wildman–Crippen LogP) is 2.87. The third kappa shape index (κ3) is 4.11. The highest BCUT2D eigenvalue weighted by Gasteiger charge is 2.27. The van der Waals surface area contributed by atoms with Crippen molar-refractivity contribution in [3.63, 3.8) is 0 Å². The molecular weight excluding hydrogens is 278 g/mol. The molecule has 1 aliphatic carbocycles. The summed E-state index contributed by atoms with van der Waals surface area (Å²) in [5.74, 6) is -0.451. The number of carbonyl (C=O) groups excluding carboxylic acids is 1. The monoisotopic (exact) mass is 301 g/mol. The summed E-state index contributed by atoms with van der Waals surface area (Å²) in [6.07, 6.45) is 4.63. The highest BCUT2D eigenvalue weighted by Crippen LogP contribution is 2.26. The number of hydrogen-bond donors (Lipinski definition) is 0. The summed E-state index contributed by atoms with van der Waals surface area (Å²) in [6, 6.07) is 3.84. The largest absolute Gasteiger partial charge is 0.370 e. The molecule has 0 bridgehead atoms. The molecule has 1 fully saturated rings. The lowest BCUT2D eigenvalue weighted by Gasteiger charge is -2.28. The Labute approximate surface area is 131 Å². The number of carbonyl (C=O) groups is 1. The van der Waals surface area contributed by atoms with Crippen LogP contribution in [-0.4, -0.2) is 28.5 Å². The maximum Gasteiger partial charge on any atom is 0.183 e. The minimum atomic E-state index is -0.947. The van der Waals surface area contributed by atoms with E-state index in [0.717, 1.165) is 30.7 Å². The number of aryl methyl sites for hydroxylation is 2. The van der Waals surface area contributed by atoms with Crippen molar-refractivity contribution in [2.75, 3.05) is 6.61 Å². The molecule has 1 aromatic heterocycles.